The van der Waals surface area contributed by atoms with Gasteiger partial charge in [-0.1, -0.05) is 19.3 Å². The SMILES string of the molecule is O=C(/C=C/c1ccc(NC2CCN(CC3CCCCC3)C2)nc1)NO. The molecule has 0 bridgehead atoms. The first-order valence-corrected chi connectivity index (χ1v) is 9.30. The van der Waals surface area contributed by atoms with Crippen LogP contribution in [0.5, 0.6) is 0 Å². The van der Waals surface area contributed by atoms with Crippen molar-refractivity contribution in [1.29, 1.82) is 0 Å². The van der Waals surface area contributed by atoms with Gasteiger partial charge in [0, 0.05) is 37.9 Å². The van der Waals surface area contributed by atoms with E-state index in [0.29, 0.717) is 6.04 Å². The molecule has 0 aromatic carbocycles. The van der Waals surface area contributed by atoms with Crippen LogP contribution in [0.15, 0.2) is 24.4 Å². The molecule has 0 radical (unpaired) electrons. The van der Waals surface area contributed by atoms with E-state index >= 15 is 0 Å². The standard InChI is InChI=1S/C19H28N4O2/c24-19(22-25)9-7-15-6-8-18(20-12-15)21-17-10-11-23(14-17)13-16-4-2-1-3-5-16/h6-9,12,16-17,25H,1-5,10-11,13-14H2,(H,20,21)(H,22,24)/b9-7+. The first kappa shape index (κ1) is 17.9. The number of hydrogen-bond donors (Lipinski definition) is 3. The Hall–Kier alpha value is -1.92. The lowest BCUT2D eigenvalue weighted by molar-refractivity contribution is -0.124. The zero-order valence-corrected chi connectivity index (χ0v) is 14.7. The molecule has 1 aliphatic heterocycles. The number of carbonyl (C=O) groups excluding carboxylic acids is 1. The van der Waals surface area contributed by atoms with E-state index in [2.05, 4.69) is 15.2 Å². The summed E-state index contributed by atoms with van der Waals surface area (Å²) in [6, 6.07) is 4.30. The van der Waals surface area contributed by atoms with Crippen LogP contribution in [0.4, 0.5) is 5.82 Å². The van der Waals surface area contributed by atoms with Crippen molar-refractivity contribution in [3.05, 3.63) is 30.0 Å². The lowest BCUT2D eigenvalue weighted by Crippen LogP contribution is -2.31. The molecule has 25 heavy (non-hydrogen) atoms. The number of nitrogens with one attached hydrogen (secondary N) is 2. The predicted molar refractivity (Wildman–Crippen MR) is 98.2 cm³/mol. The number of nitrogens with zero attached hydrogens (tertiary/aromatic N) is 2. The van der Waals surface area contributed by atoms with Crippen LogP contribution in [0.2, 0.25) is 0 Å². The number of aromatic nitrogens is 1. The lowest BCUT2D eigenvalue weighted by Gasteiger charge is -2.26. The number of amides is 1. The van der Waals surface area contributed by atoms with E-state index in [0.717, 1.165) is 30.3 Å². The molecule has 2 aliphatic rings. The summed E-state index contributed by atoms with van der Waals surface area (Å²) in [5, 5.41) is 12.0. The molecule has 6 nitrogen and oxygen atoms in total. The summed E-state index contributed by atoms with van der Waals surface area (Å²) in [5.41, 5.74) is 2.38. The number of likely N-dealkylation sites (tertiary alicyclic amines) is 1. The molecule has 1 aromatic rings. The van der Waals surface area contributed by atoms with Gasteiger partial charge in [0.25, 0.3) is 5.91 Å². The Morgan fingerprint density at radius 1 is 1.28 bits per heavy atom. The number of hydrogen-bond acceptors (Lipinski definition) is 5. The van der Waals surface area contributed by atoms with Gasteiger partial charge in [0.2, 0.25) is 0 Å². The molecule has 6 heteroatoms. The third-order valence-corrected chi connectivity index (χ3v) is 5.19. The Balaban J connectivity index is 1.45. The third-order valence-electron chi connectivity index (χ3n) is 5.19. The van der Waals surface area contributed by atoms with Crippen molar-refractivity contribution in [2.75, 3.05) is 25.0 Å². The number of hydroxylamine groups is 1. The molecule has 1 atom stereocenters. The monoisotopic (exact) mass is 344 g/mol. The minimum Gasteiger partial charge on any atom is -0.366 e. The number of pyridine rings is 1. The van der Waals surface area contributed by atoms with Gasteiger partial charge >= 0.3 is 0 Å². The second-order valence-electron chi connectivity index (χ2n) is 7.18. The third kappa shape index (κ3) is 5.54. The molecule has 1 unspecified atom stereocenters. The molecule has 2 heterocycles. The van der Waals surface area contributed by atoms with Gasteiger partial charge in [-0.15, -0.1) is 0 Å². The molecule has 3 rings (SSSR count). The van der Waals surface area contributed by atoms with Gasteiger partial charge in [-0.3, -0.25) is 10.0 Å². The lowest BCUT2D eigenvalue weighted by atomic mass is 9.89. The molecule has 0 spiro atoms. The van der Waals surface area contributed by atoms with Gasteiger partial charge in [-0.25, -0.2) is 10.5 Å². The van der Waals surface area contributed by atoms with E-state index in [4.69, 9.17) is 5.21 Å². The van der Waals surface area contributed by atoms with E-state index < -0.39 is 5.91 Å². The minimum absolute atomic E-state index is 0.456. The van der Waals surface area contributed by atoms with Gasteiger partial charge in [0.15, 0.2) is 0 Å². The summed E-state index contributed by atoms with van der Waals surface area (Å²) in [7, 11) is 0. The Bertz CT molecular complexity index is 582. The highest BCUT2D eigenvalue weighted by atomic mass is 16.5. The highest BCUT2D eigenvalue weighted by Gasteiger charge is 2.25. The van der Waals surface area contributed by atoms with Crippen molar-refractivity contribution in [3.63, 3.8) is 0 Å². The molecule has 1 saturated carbocycles. The van der Waals surface area contributed by atoms with Gasteiger partial charge in [0.1, 0.15) is 5.82 Å². The van der Waals surface area contributed by atoms with Gasteiger partial charge in [-0.05, 0) is 49.0 Å². The van der Waals surface area contributed by atoms with Crippen molar-refractivity contribution >= 4 is 17.8 Å². The normalized spacial score (nSPS) is 22.4. The summed E-state index contributed by atoms with van der Waals surface area (Å²) in [5.74, 6) is 1.22. The van der Waals surface area contributed by atoms with Crippen LogP contribution in [0.1, 0.15) is 44.1 Å². The van der Waals surface area contributed by atoms with Crippen molar-refractivity contribution < 1.29 is 10.0 Å². The fourth-order valence-electron chi connectivity index (χ4n) is 3.86. The number of anilines is 1. The molecule has 2 fully saturated rings. The van der Waals surface area contributed by atoms with Crippen LogP contribution >= 0.6 is 0 Å². The Morgan fingerprint density at radius 2 is 2.12 bits per heavy atom. The molecular weight excluding hydrogens is 316 g/mol. The fourth-order valence-corrected chi connectivity index (χ4v) is 3.86. The van der Waals surface area contributed by atoms with Crippen molar-refractivity contribution in [3.8, 4) is 0 Å². The van der Waals surface area contributed by atoms with E-state index in [1.165, 1.54) is 51.3 Å². The van der Waals surface area contributed by atoms with Crippen LogP contribution in [0.3, 0.4) is 0 Å². The fraction of sp³-hybridized carbons (Fsp3) is 0.579. The topological polar surface area (TPSA) is 77.5 Å². The molecule has 1 aromatic heterocycles. The molecule has 1 aliphatic carbocycles. The van der Waals surface area contributed by atoms with Crippen LogP contribution in [0, 0.1) is 5.92 Å². The second-order valence-corrected chi connectivity index (χ2v) is 7.18. The first-order chi connectivity index (χ1) is 12.2. The quantitative estimate of drug-likeness (QED) is 0.420. The van der Waals surface area contributed by atoms with E-state index in [-0.39, 0.29) is 0 Å². The molecule has 3 N–H and O–H groups in total. The maximum absolute atomic E-state index is 11.0. The Morgan fingerprint density at radius 3 is 2.84 bits per heavy atom. The van der Waals surface area contributed by atoms with Crippen molar-refractivity contribution in [2.24, 2.45) is 5.92 Å². The highest BCUT2D eigenvalue weighted by Crippen LogP contribution is 2.26. The molecule has 1 saturated heterocycles. The van der Waals surface area contributed by atoms with Crippen molar-refractivity contribution in [1.82, 2.24) is 15.4 Å². The highest BCUT2D eigenvalue weighted by molar-refractivity contribution is 5.90. The summed E-state index contributed by atoms with van der Waals surface area (Å²) >= 11 is 0. The summed E-state index contributed by atoms with van der Waals surface area (Å²) in [4.78, 5) is 18.0. The number of rotatable bonds is 6. The second kappa shape index (κ2) is 8.97. The summed E-state index contributed by atoms with van der Waals surface area (Å²) in [6.07, 6.45) is 12.8. The zero-order valence-electron chi connectivity index (χ0n) is 14.7. The smallest absolute Gasteiger partial charge is 0.267 e. The van der Waals surface area contributed by atoms with E-state index in [1.54, 1.807) is 17.8 Å². The average molecular weight is 344 g/mol. The molecular formula is C19H28N4O2. The number of carbonyl (C=O) groups is 1. The van der Waals surface area contributed by atoms with Crippen LogP contribution in [-0.2, 0) is 4.79 Å². The van der Waals surface area contributed by atoms with Gasteiger partial charge in [-0.2, -0.15) is 0 Å². The Labute approximate surface area is 149 Å². The van der Waals surface area contributed by atoms with E-state index in [9.17, 15) is 4.79 Å². The zero-order chi connectivity index (χ0) is 17.5. The maximum atomic E-state index is 11.0. The average Bonchev–Trinajstić information content (AvgIpc) is 3.08. The van der Waals surface area contributed by atoms with Gasteiger partial charge in [0.05, 0.1) is 0 Å². The van der Waals surface area contributed by atoms with Crippen LogP contribution in [0.25, 0.3) is 6.08 Å². The maximum Gasteiger partial charge on any atom is 0.267 e. The first-order valence-electron chi connectivity index (χ1n) is 9.30. The van der Waals surface area contributed by atoms with E-state index in [1.807, 2.05) is 12.1 Å². The van der Waals surface area contributed by atoms with Crippen LogP contribution in [-0.4, -0.2) is 46.7 Å². The summed E-state index contributed by atoms with van der Waals surface area (Å²) < 4.78 is 0. The van der Waals surface area contributed by atoms with Crippen molar-refractivity contribution in [2.45, 2.75) is 44.6 Å². The predicted octanol–water partition coefficient (Wildman–Crippen LogP) is 2.67. The van der Waals surface area contributed by atoms with Crippen LogP contribution < -0.4 is 10.8 Å². The molecule has 136 valence electrons. The molecule has 1 amide bonds. The minimum atomic E-state index is -0.550. The Kier molecular flexibility index (Phi) is 6.42. The summed E-state index contributed by atoms with van der Waals surface area (Å²) in [6.45, 7) is 3.52. The largest absolute Gasteiger partial charge is 0.366 e. The van der Waals surface area contributed by atoms with Gasteiger partial charge < -0.3 is 10.2 Å².